The van der Waals surface area contributed by atoms with Gasteiger partial charge in [-0.2, -0.15) is 5.26 Å². The van der Waals surface area contributed by atoms with Crippen molar-refractivity contribution < 1.29 is 9.59 Å². The molecule has 0 aliphatic carbocycles. The smallest absolute Gasteiger partial charge is 0.287 e. The Labute approximate surface area is 150 Å². The molecule has 2 N–H and O–H groups in total. The zero-order chi connectivity index (χ0) is 18.5. The van der Waals surface area contributed by atoms with Crippen LogP contribution in [0.15, 0.2) is 48.7 Å². The highest BCUT2D eigenvalue weighted by Crippen LogP contribution is 2.16. The van der Waals surface area contributed by atoms with Gasteiger partial charge in [0.2, 0.25) is 5.82 Å². The monoisotopic (exact) mass is 347 g/mol. The average molecular weight is 347 g/mol. The first-order valence-electron chi connectivity index (χ1n) is 8.21. The number of anilines is 1. The minimum atomic E-state index is -0.423. The molecule has 0 fully saturated rings. The van der Waals surface area contributed by atoms with Crippen LogP contribution in [0.5, 0.6) is 0 Å². The summed E-state index contributed by atoms with van der Waals surface area (Å²) >= 11 is 0. The lowest BCUT2D eigenvalue weighted by atomic mass is 10.2. The fraction of sp³-hybridized carbons (Fsp3) is 0.158. The van der Waals surface area contributed by atoms with Crippen LogP contribution in [0.2, 0.25) is 0 Å². The van der Waals surface area contributed by atoms with Crippen LogP contribution in [0.25, 0.3) is 5.52 Å². The molecule has 0 saturated heterocycles. The summed E-state index contributed by atoms with van der Waals surface area (Å²) < 4.78 is 1.60. The number of aromatic nitrogens is 2. The van der Waals surface area contributed by atoms with E-state index < -0.39 is 5.91 Å². The molecular formula is C19H17N5O2. The van der Waals surface area contributed by atoms with Crippen LogP contribution in [0.3, 0.4) is 0 Å². The van der Waals surface area contributed by atoms with Gasteiger partial charge >= 0.3 is 0 Å². The summed E-state index contributed by atoms with van der Waals surface area (Å²) in [5, 5.41) is 14.3. The van der Waals surface area contributed by atoms with Crippen molar-refractivity contribution in [3.63, 3.8) is 0 Å². The number of carbonyl (C=O) groups is 2. The number of nitrogens with zero attached hydrogens (tertiary/aromatic N) is 3. The second-order valence-corrected chi connectivity index (χ2v) is 5.64. The zero-order valence-electron chi connectivity index (χ0n) is 14.2. The fourth-order valence-electron chi connectivity index (χ4n) is 2.50. The molecule has 0 unspecified atom stereocenters. The largest absolute Gasteiger partial charge is 0.349 e. The molecule has 7 nitrogen and oxygen atoms in total. The predicted molar refractivity (Wildman–Crippen MR) is 96.9 cm³/mol. The number of hydrogen-bond donors (Lipinski definition) is 2. The number of benzene rings is 1. The number of carbonyl (C=O) groups excluding carboxylic acids is 2. The number of hydrogen-bond acceptors (Lipinski definition) is 4. The van der Waals surface area contributed by atoms with E-state index >= 15 is 0 Å². The van der Waals surface area contributed by atoms with E-state index in [9.17, 15) is 9.59 Å². The lowest BCUT2D eigenvalue weighted by Gasteiger charge is -2.03. The molecule has 26 heavy (non-hydrogen) atoms. The molecule has 2 aromatic heterocycles. The molecule has 130 valence electrons. The van der Waals surface area contributed by atoms with E-state index in [4.69, 9.17) is 5.26 Å². The van der Waals surface area contributed by atoms with Gasteiger partial charge in [0.25, 0.3) is 11.8 Å². The summed E-state index contributed by atoms with van der Waals surface area (Å²) in [6.45, 7) is 2.49. The van der Waals surface area contributed by atoms with E-state index in [1.54, 1.807) is 53.1 Å². The number of imidazole rings is 1. The van der Waals surface area contributed by atoms with Crippen LogP contribution in [0, 0.1) is 11.3 Å². The van der Waals surface area contributed by atoms with E-state index in [0.717, 1.165) is 6.42 Å². The molecule has 3 rings (SSSR count). The summed E-state index contributed by atoms with van der Waals surface area (Å²) in [6, 6.07) is 13.8. The first kappa shape index (κ1) is 17.2. The molecule has 0 radical (unpaired) electrons. The minimum Gasteiger partial charge on any atom is -0.349 e. The number of nitriles is 1. The first-order chi connectivity index (χ1) is 12.6. The Kier molecular flexibility index (Phi) is 4.94. The number of fused-ring (bicyclic) bond motifs is 1. The lowest BCUT2D eigenvalue weighted by Crippen LogP contribution is -2.26. The highest BCUT2D eigenvalue weighted by atomic mass is 16.2. The van der Waals surface area contributed by atoms with Crippen molar-refractivity contribution >= 4 is 23.0 Å². The van der Waals surface area contributed by atoms with E-state index in [1.807, 2.05) is 13.0 Å². The molecule has 1 aromatic carbocycles. The van der Waals surface area contributed by atoms with Crippen molar-refractivity contribution in [3.05, 3.63) is 65.7 Å². The lowest BCUT2D eigenvalue weighted by molar-refractivity contribution is 0.0942. The number of pyridine rings is 1. The molecule has 0 aliphatic heterocycles. The summed E-state index contributed by atoms with van der Waals surface area (Å²) in [5.74, 6) is -0.586. The van der Waals surface area contributed by atoms with E-state index in [2.05, 4.69) is 15.6 Å². The van der Waals surface area contributed by atoms with Crippen LogP contribution in [-0.2, 0) is 0 Å². The summed E-state index contributed by atoms with van der Waals surface area (Å²) in [4.78, 5) is 29.2. The summed E-state index contributed by atoms with van der Waals surface area (Å²) in [7, 11) is 0. The van der Waals surface area contributed by atoms with E-state index in [0.29, 0.717) is 23.3 Å². The van der Waals surface area contributed by atoms with Gasteiger partial charge in [0.05, 0.1) is 17.1 Å². The Morgan fingerprint density at radius 1 is 1.15 bits per heavy atom. The Hall–Kier alpha value is -3.66. The van der Waals surface area contributed by atoms with Crippen LogP contribution >= 0.6 is 0 Å². The summed E-state index contributed by atoms with van der Waals surface area (Å²) in [6.07, 6.45) is 2.50. The van der Waals surface area contributed by atoms with Gasteiger partial charge in [-0.25, -0.2) is 4.98 Å². The third-order valence-corrected chi connectivity index (χ3v) is 3.77. The normalized spacial score (nSPS) is 10.3. The molecule has 2 heterocycles. The van der Waals surface area contributed by atoms with Gasteiger partial charge in [-0.1, -0.05) is 13.0 Å². The second-order valence-electron chi connectivity index (χ2n) is 5.64. The van der Waals surface area contributed by atoms with Crippen LogP contribution < -0.4 is 10.6 Å². The van der Waals surface area contributed by atoms with Crippen molar-refractivity contribution in [1.29, 1.82) is 5.26 Å². The van der Waals surface area contributed by atoms with Crippen molar-refractivity contribution in [2.24, 2.45) is 0 Å². The highest BCUT2D eigenvalue weighted by molar-refractivity contribution is 6.08. The quantitative estimate of drug-likeness (QED) is 0.741. The van der Waals surface area contributed by atoms with Gasteiger partial charge in [0.1, 0.15) is 0 Å². The fourth-order valence-corrected chi connectivity index (χ4v) is 2.50. The average Bonchev–Trinajstić information content (AvgIpc) is 3.06. The predicted octanol–water partition coefficient (Wildman–Crippen LogP) is 2.60. The maximum atomic E-state index is 12.6. The third-order valence-electron chi connectivity index (χ3n) is 3.77. The first-order valence-corrected chi connectivity index (χ1v) is 8.21. The Bertz CT molecular complexity index is 999. The van der Waals surface area contributed by atoms with Gasteiger partial charge in [0.15, 0.2) is 5.69 Å². The Morgan fingerprint density at radius 2 is 1.92 bits per heavy atom. The van der Waals surface area contributed by atoms with Gasteiger partial charge in [0, 0.05) is 18.4 Å². The van der Waals surface area contributed by atoms with Gasteiger partial charge < -0.3 is 10.6 Å². The highest BCUT2D eigenvalue weighted by Gasteiger charge is 2.21. The van der Waals surface area contributed by atoms with Crippen LogP contribution in [0.4, 0.5) is 5.69 Å². The van der Waals surface area contributed by atoms with Crippen molar-refractivity contribution in [2.75, 3.05) is 11.9 Å². The van der Waals surface area contributed by atoms with E-state index in [-0.39, 0.29) is 17.4 Å². The van der Waals surface area contributed by atoms with Gasteiger partial charge in [-0.05, 0) is 42.8 Å². The molecule has 3 aromatic rings. The third kappa shape index (κ3) is 3.39. The zero-order valence-corrected chi connectivity index (χ0v) is 14.2. The topological polar surface area (TPSA) is 99.3 Å². The molecule has 2 amide bonds. The standard InChI is InChI=1S/C19H17N5O2/c1-2-10-21-19(26)17-23-16(15-5-3-4-11-24(15)17)18(25)22-14-8-6-13(12-20)7-9-14/h3-9,11H,2,10H2,1H3,(H,21,26)(H,22,25). The van der Waals surface area contributed by atoms with Crippen LogP contribution in [0.1, 0.15) is 40.0 Å². The van der Waals surface area contributed by atoms with Crippen LogP contribution in [-0.4, -0.2) is 27.7 Å². The van der Waals surface area contributed by atoms with Gasteiger partial charge in [-0.3, -0.25) is 14.0 Å². The molecule has 7 heteroatoms. The van der Waals surface area contributed by atoms with Gasteiger partial charge in [-0.15, -0.1) is 0 Å². The molecular weight excluding hydrogens is 330 g/mol. The molecule has 0 saturated carbocycles. The maximum Gasteiger partial charge on any atom is 0.287 e. The van der Waals surface area contributed by atoms with E-state index in [1.165, 1.54) is 0 Å². The number of amides is 2. The molecule has 0 atom stereocenters. The second kappa shape index (κ2) is 7.49. The van der Waals surface area contributed by atoms with Crippen molar-refractivity contribution in [2.45, 2.75) is 13.3 Å². The Morgan fingerprint density at radius 3 is 2.62 bits per heavy atom. The van der Waals surface area contributed by atoms with Crippen molar-refractivity contribution in [3.8, 4) is 6.07 Å². The Balaban J connectivity index is 1.92. The molecule has 0 aliphatic rings. The minimum absolute atomic E-state index is 0.164. The molecule has 0 bridgehead atoms. The number of rotatable bonds is 5. The van der Waals surface area contributed by atoms with Crippen molar-refractivity contribution in [1.82, 2.24) is 14.7 Å². The SMILES string of the molecule is CCCNC(=O)c1nc(C(=O)Nc2ccc(C#N)cc2)c2ccccn12. The maximum absolute atomic E-state index is 12.6. The molecule has 0 spiro atoms. The number of nitrogens with one attached hydrogen (secondary N) is 2. The summed E-state index contributed by atoms with van der Waals surface area (Å²) in [5.41, 5.74) is 1.75.